The number of amides is 1. The summed E-state index contributed by atoms with van der Waals surface area (Å²) < 4.78 is 0. The Hall–Kier alpha value is -2.89. The van der Waals surface area contributed by atoms with Crippen LogP contribution >= 0.6 is 0 Å². The number of benzene rings is 2. The molecule has 2 aromatic carbocycles. The summed E-state index contributed by atoms with van der Waals surface area (Å²) >= 11 is 0. The van der Waals surface area contributed by atoms with Crippen molar-refractivity contribution >= 4 is 23.0 Å². The Kier molecular flexibility index (Phi) is 4.44. The summed E-state index contributed by atoms with van der Waals surface area (Å²) in [7, 11) is 0. The SMILES string of the molecule is Cc1cc(NC(=O)CN2c3ccccc3C[C@@H]2C)c([N+](=O)[O-])cc1C. The van der Waals surface area contributed by atoms with Crippen LogP contribution in [0.5, 0.6) is 0 Å². The monoisotopic (exact) mass is 339 g/mol. The number of aryl methyl sites for hydroxylation is 2. The van der Waals surface area contributed by atoms with Crippen LogP contribution in [0.3, 0.4) is 0 Å². The van der Waals surface area contributed by atoms with Gasteiger partial charge in [0.25, 0.3) is 5.69 Å². The van der Waals surface area contributed by atoms with E-state index in [0.29, 0.717) is 0 Å². The highest BCUT2D eigenvalue weighted by atomic mass is 16.6. The summed E-state index contributed by atoms with van der Waals surface area (Å²) in [6.45, 7) is 5.93. The molecule has 0 saturated carbocycles. The number of nitro benzene ring substituents is 1. The van der Waals surface area contributed by atoms with Gasteiger partial charge in [-0.05, 0) is 56.0 Å². The van der Waals surface area contributed by atoms with Gasteiger partial charge in [-0.15, -0.1) is 0 Å². The fourth-order valence-electron chi connectivity index (χ4n) is 3.27. The van der Waals surface area contributed by atoms with Gasteiger partial charge in [-0.3, -0.25) is 14.9 Å². The maximum absolute atomic E-state index is 12.5. The Labute approximate surface area is 146 Å². The maximum atomic E-state index is 12.5. The largest absolute Gasteiger partial charge is 0.359 e. The van der Waals surface area contributed by atoms with Crippen LogP contribution in [-0.4, -0.2) is 23.4 Å². The molecule has 1 amide bonds. The van der Waals surface area contributed by atoms with Crippen LogP contribution < -0.4 is 10.2 Å². The molecule has 6 nitrogen and oxygen atoms in total. The Morgan fingerprint density at radius 1 is 1.28 bits per heavy atom. The van der Waals surface area contributed by atoms with E-state index in [4.69, 9.17) is 0 Å². The van der Waals surface area contributed by atoms with Gasteiger partial charge in [0, 0.05) is 17.8 Å². The van der Waals surface area contributed by atoms with E-state index in [-0.39, 0.29) is 29.9 Å². The average Bonchev–Trinajstić information content (AvgIpc) is 2.86. The van der Waals surface area contributed by atoms with Gasteiger partial charge in [0.15, 0.2) is 0 Å². The topological polar surface area (TPSA) is 75.5 Å². The zero-order valence-corrected chi connectivity index (χ0v) is 14.6. The summed E-state index contributed by atoms with van der Waals surface area (Å²) in [5.41, 5.74) is 4.18. The van der Waals surface area contributed by atoms with Gasteiger partial charge in [-0.25, -0.2) is 0 Å². The van der Waals surface area contributed by atoms with Gasteiger partial charge in [0.05, 0.1) is 11.5 Å². The van der Waals surface area contributed by atoms with Gasteiger partial charge < -0.3 is 10.2 Å². The lowest BCUT2D eigenvalue weighted by Gasteiger charge is -2.24. The second kappa shape index (κ2) is 6.55. The van der Waals surface area contributed by atoms with E-state index in [1.54, 1.807) is 6.07 Å². The first-order chi connectivity index (χ1) is 11.9. The summed E-state index contributed by atoms with van der Waals surface area (Å²) in [5.74, 6) is -0.255. The van der Waals surface area contributed by atoms with Gasteiger partial charge in [0.1, 0.15) is 5.69 Å². The first kappa shape index (κ1) is 17.0. The van der Waals surface area contributed by atoms with E-state index >= 15 is 0 Å². The van der Waals surface area contributed by atoms with Crippen molar-refractivity contribution in [2.24, 2.45) is 0 Å². The second-order valence-electron chi connectivity index (χ2n) is 6.57. The summed E-state index contributed by atoms with van der Waals surface area (Å²) in [6.07, 6.45) is 0.896. The van der Waals surface area contributed by atoms with Crippen molar-refractivity contribution < 1.29 is 9.72 Å². The van der Waals surface area contributed by atoms with E-state index in [9.17, 15) is 14.9 Å². The molecule has 2 aromatic rings. The lowest BCUT2D eigenvalue weighted by atomic mass is 10.1. The maximum Gasteiger partial charge on any atom is 0.293 e. The van der Waals surface area contributed by atoms with E-state index in [1.807, 2.05) is 36.9 Å². The van der Waals surface area contributed by atoms with E-state index in [1.165, 1.54) is 11.6 Å². The predicted molar refractivity (Wildman–Crippen MR) is 98.2 cm³/mol. The average molecular weight is 339 g/mol. The third kappa shape index (κ3) is 3.33. The normalized spacial score (nSPS) is 15.8. The Morgan fingerprint density at radius 3 is 2.68 bits per heavy atom. The molecule has 0 radical (unpaired) electrons. The molecular formula is C19H21N3O3. The number of nitrogens with zero attached hydrogens (tertiary/aromatic N) is 2. The van der Waals surface area contributed by atoms with Crippen LogP contribution in [0, 0.1) is 24.0 Å². The van der Waals surface area contributed by atoms with E-state index in [0.717, 1.165) is 23.2 Å². The van der Waals surface area contributed by atoms with E-state index < -0.39 is 4.92 Å². The summed E-state index contributed by atoms with van der Waals surface area (Å²) in [4.78, 5) is 25.4. The number of nitro groups is 1. The number of rotatable bonds is 4. The van der Waals surface area contributed by atoms with Crippen LogP contribution in [-0.2, 0) is 11.2 Å². The Bertz CT molecular complexity index is 848. The second-order valence-corrected chi connectivity index (χ2v) is 6.57. The molecule has 6 heteroatoms. The third-order valence-corrected chi connectivity index (χ3v) is 4.75. The lowest BCUT2D eigenvalue weighted by Crippen LogP contribution is -2.37. The van der Waals surface area contributed by atoms with Crippen molar-refractivity contribution in [1.29, 1.82) is 0 Å². The highest BCUT2D eigenvalue weighted by molar-refractivity contribution is 5.96. The van der Waals surface area contributed by atoms with Crippen molar-refractivity contribution in [2.75, 3.05) is 16.8 Å². The van der Waals surface area contributed by atoms with Crippen molar-refractivity contribution in [3.8, 4) is 0 Å². The molecule has 1 N–H and O–H groups in total. The molecule has 1 atom stereocenters. The zero-order valence-electron chi connectivity index (χ0n) is 14.6. The number of anilines is 2. The molecule has 0 saturated heterocycles. The highest BCUT2D eigenvalue weighted by Gasteiger charge is 2.27. The molecule has 0 aromatic heterocycles. The minimum atomic E-state index is -0.462. The molecule has 3 rings (SSSR count). The minimum absolute atomic E-state index is 0.0775. The molecule has 0 fully saturated rings. The van der Waals surface area contributed by atoms with Crippen molar-refractivity contribution in [2.45, 2.75) is 33.2 Å². The number of fused-ring (bicyclic) bond motifs is 1. The van der Waals surface area contributed by atoms with Gasteiger partial charge in [-0.2, -0.15) is 0 Å². The first-order valence-electron chi connectivity index (χ1n) is 8.27. The molecule has 0 aliphatic carbocycles. The quantitative estimate of drug-likeness (QED) is 0.682. The Balaban J connectivity index is 1.80. The zero-order chi connectivity index (χ0) is 18.1. The van der Waals surface area contributed by atoms with Gasteiger partial charge in [-0.1, -0.05) is 18.2 Å². The van der Waals surface area contributed by atoms with Crippen LogP contribution in [0.15, 0.2) is 36.4 Å². The molecule has 0 bridgehead atoms. The van der Waals surface area contributed by atoms with E-state index in [2.05, 4.69) is 18.3 Å². The van der Waals surface area contributed by atoms with Crippen LogP contribution in [0.4, 0.5) is 17.1 Å². The number of hydrogen-bond donors (Lipinski definition) is 1. The van der Waals surface area contributed by atoms with Crippen LogP contribution in [0.25, 0.3) is 0 Å². The first-order valence-corrected chi connectivity index (χ1v) is 8.27. The number of nitrogens with one attached hydrogen (secondary N) is 1. The molecule has 1 aliphatic heterocycles. The molecular weight excluding hydrogens is 318 g/mol. The molecule has 0 spiro atoms. The lowest BCUT2D eigenvalue weighted by molar-refractivity contribution is -0.384. The fraction of sp³-hybridized carbons (Fsp3) is 0.316. The minimum Gasteiger partial charge on any atom is -0.359 e. The number of para-hydroxylation sites is 1. The smallest absolute Gasteiger partial charge is 0.293 e. The predicted octanol–water partition coefficient (Wildman–Crippen LogP) is 3.60. The molecule has 0 unspecified atom stereocenters. The Morgan fingerprint density at radius 2 is 1.96 bits per heavy atom. The van der Waals surface area contributed by atoms with Crippen LogP contribution in [0.2, 0.25) is 0 Å². The standard InChI is InChI=1S/C19H21N3O3/c1-12-8-16(18(22(24)25)9-13(12)2)20-19(23)11-21-14(3)10-15-6-4-5-7-17(15)21/h4-9,14H,10-11H2,1-3H3,(H,20,23)/t14-/m0/s1. The van der Waals surface area contributed by atoms with Crippen molar-refractivity contribution in [3.05, 3.63) is 63.2 Å². The van der Waals surface area contributed by atoms with Crippen molar-refractivity contribution in [3.63, 3.8) is 0 Å². The van der Waals surface area contributed by atoms with Gasteiger partial charge in [0.2, 0.25) is 5.91 Å². The third-order valence-electron chi connectivity index (χ3n) is 4.75. The molecule has 1 aliphatic rings. The number of carbonyl (C=O) groups is 1. The molecule has 25 heavy (non-hydrogen) atoms. The molecule has 1 heterocycles. The highest BCUT2D eigenvalue weighted by Crippen LogP contribution is 2.32. The summed E-state index contributed by atoms with van der Waals surface area (Å²) in [6, 6.07) is 11.4. The van der Waals surface area contributed by atoms with Crippen LogP contribution in [0.1, 0.15) is 23.6 Å². The molecule has 130 valence electrons. The number of hydrogen-bond acceptors (Lipinski definition) is 4. The van der Waals surface area contributed by atoms with Crippen molar-refractivity contribution in [1.82, 2.24) is 0 Å². The summed E-state index contributed by atoms with van der Waals surface area (Å²) in [5, 5.41) is 14.0. The van der Waals surface area contributed by atoms with Gasteiger partial charge >= 0.3 is 0 Å². The fourth-order valence-corrected chi connectivity index (χ4v) is 3.27. The number of carbonyl (C=O) groups excluding carboxylic acids is 1.